The molecule has 6 heteroatoms. The molecule has 5 nitrogen and oxygen atoms in total. The number of carboxylic acids is 1. The third kappa shape index (κ3) is 3.58. The van der Waals surface area contributed by atoms with Gasteiger partial charge in [0, 0.05) is 19.6 Å². The third-order valence-corrected chi connectivity index (χ3v) is 4.16. The average Bonchev–Trinajstić information content (AvgIpc) is 2.36. The number of halogens is 1. The van der Waals surface area contributed by atoms with Crippen LogP contribution in [0, 0.1) is 5.92 Å². The van der Waals surface area contributed by atoms with E-state index >= 15 is 0 Å². The van der Waals surface area contributed by atoms with Gasteiger partial charge in [-0.15, -0.1) is 0 Å². The Labute approximate surface area is 112 Å². The van der Waals surface area contributed by atoms with Crippen LogP contribution < -0.4 is 5.32 Å². The maximum absolute atomic E-state index is 13.7. The van der Waals surface area contributed by atoms with Crippen molar-refractivity contribution in [3.63, 3.8) is 0 Å². The zero-order chi connectivity index (χ0) is 13.9. The number of urea groups is 1. The fourth-order valence-electron chi connectivity index (χ4n) is 2.68. The molecule has 1 saturated heterocycles. The molecule has 0 spiro atoms. The molecule has 1 heterocycles. The number of carboxylic acid groups (broad SMARTS) is 1. The molecular formula is C13H21FN2O3. The second-order valence-corrected chi connectivity index (χ2v) is 5.61. The Kier molecular flexibility index (Phi) is 4.27. The summed E-state index contributed by atoms with van der Waals surface area (Å²) in [6.45, 7) is 1.15. The van der Waals surface area contributed by atoms with Crippen molar-refractivity contribution in [1.82, 2.24) is 10.2 Å². The van der Waals surface area contributed by atoms with Crippen LogP contribution in [0.4, 0.5) is 9.18 Å². The molecule has 1 saturated carbocycles. The number of nitrogens with zero attached hydrogens (tertiary/aromatic N) is 1. The molecule has 1 atom stereocenters. The van der Waals surface area contributed by atoms with E-state index in [1.807, 2.05) is 0 Å². The molecule has 2 N–H and O–H groups in total. The largest absolute Gasteiger partial charge is 0.481 e. The van der Waals surface area contributed by atoms with Crippen molar-refractivity contribution >= 4 is 12.0 Å². The first kappa shape index (κ1) is 14.1. The Morgan fingerprint density at radius 3 is 2.68 bits per heavy atom. The van der Waals surface area contributed by atoms with Gasteiger partial charge in [0.15, 0.2) is 0 Å². The minimum Gasteiger partial charge on any atom is -0.481 e. The van der Waals surface area contributed by atoms with E-state index in [4.69, 9.17) is 5.11 Å². The van der Waals surface area contributed by atoms with Crippen molar-refractivity contribution in [2.24, 2.45) is 5.92 Å². The number of alkyl halides is 1. The summed E-state index contributed by atoms with van der Waals surface area (Å²) in [4.78, 5) is 24.3. The molecule has 2 amide bonds. The molecule has 0 aromatic carbocycles. The number of likely N-dealkylation sites (tertiary alicyclic amines) is 1. The lowest BCUT2D eigenvalue weighted by Crippen LogP contribution is -2.48. The van der Waals surface area contributed by atoms with Gasteiger partial charge < -0.3 is 15.3 Å². The van der Waals surface area contributed by atoms with Crippen molar-refractivity contribution in [2.75, 3.05) is 19.6 Å². The molecule has 0 aromatic heterocycles. The number of amides is 2. The molecule has 108 valence electrons. The number of rotatable bonds is 4. The quantitative estimate of drug-likeness (QED) is 0.819. The molecule has 2 fully saturated rings. The van der Waals surface area contributed by atoms with E-state index in [1.165, 1.54) is 4.90 Å². The zero-order valence-corrected chi connectivity index (χ0v) is 11.0. The van der Waals surface area contributed by atoms with Gasteiger partial charge in [-0.05, 0) is 38.5 Å². The first-order valence-corrected chi connectivity index (χ1v) is 6.95. The number of hydrogen-bond donors (Lipinski definition) is 2. The summed E-state index contributed by atoms with van der Waals surface area (Å²) in [7, 11) is 0. The maximum atomic E-state index is 13.7. The standard InChI is InChI=1S/C13H21FN2O3/c14-13(4-2-5-13)6-7-15-12(19)16-8-1-3-10(9-16)11(17)18/h10H,1-9H2,(H,15,19)(H,17,18). The molecule has 1 unspecified atom stereocenters. The Morgan fingerprint density at radius 1 is 1.37 bits per heavy atom. The van der Waals surface area contributed by atoms with E-state index in [1.54, 1.807) is 0 Å². The van der Waals surface area contributed by atoms with Crippen molar-refractivity contribution < 1.29 is 19.1 Å². The van der Waals surface area contributed by atoms with E-state index in [2.05, 4.69) is 5.32 Å². The number of nitrogens with one attached hydrogen (secondary N) is 1. The van der Waals surface area contributed by atoms with Gasteiger partial charge in [0.2, 0.25) is 0 Å². The first-order valence-electron chi connectivity index (χ1n) is 6.95. The third-order valence-electron chi connectivity index (χ3n) is 4.16. The molecule has 19 heavy (non-hydrogen) atoms. The number of carbonyl (C=O) groups excluding carboxylic acids is 1. The fourth-order valence-corrected chi connectivity index (χ4v) is 2.68. The normalized spacial score (nSPS) is 25.5. The van der Waals surface area contributed by atoms with Gasteiger partial charge in [-0.2, -0.15) is 0 Å². The minimum absolute atomic E-state index is 0.252. The Balaban J connectivity index is 1.71. The molecule has 0 bridgehead atoms. The molecule has 0 radical (unpaired) electrons. The average molecular weight is 272 g/mol. The summed E-state index contributed by atoms with van der Waals surface area (Å²) in [5.74, 6) is -1.33. The van der Waals surface area contributed by atoms with Crippen LogP contribution >= 0.6 is 0 Å². The van der Waals surface area contributed by atoms with Crippen LogP contribution in [-0.2, 0) is 4.79 Å². The molecule has 1 aliphatic carbocycles. The lowest BCUT2D eigenvalue weighted by Gasteiger charge is -2.34. The Hall–Kier alpha value is -1.33. The van der Waals surface area contributed by atoms with Crippen LogP contribution in [0.25, 0.3) is 0 Å². The smallest absolute Gasteiger partial charge is 0.317 e. The van der Waals surface area contributed by atoms with Crippen molar-refractivity contribution in [2.45, 2.75) is 44.2 Å². The topological polar surface area (TPSA) is 69.6 Å². The van der Waals surface area contributed by atoms with Crippen LogP contribution in [0.15, 0.2) is 0 Å². The number of carbonyl (C=O) groups is 2. The highest BCUT2D eigenvalue weighted by Gasteiger charge is 2.36. The highest BCUT2D eigenvalue weighted by molar-refractivity contribution is 5.76. The monoisotopic (exact) mass is 272 g/mol. The van der Waals surface area contributed by atoms with Gasteiger partial charge in [-0.1, -0.05) is 0 Å². The van der Waals surface area contributed by atoms with Crippen molar-refractivity contribution in [3.8, 4) is 0 Å². The van der Waals surface area contributed by atoms with E-state index in [9.17, 15) is 14.0 Å². The van der Waals surface area contributed by atoms with Gasteiger partial charge in [-0.3, -0.25) is 4.79 Å². The van der Waals surface area contributed by atoms with Gasteiger partial charge >= 0.3 is 12.0 Å². The van der Waals surface area contributed by atoms with Crippen LogP contribution in [0.5, 0.6) is 0 Å². The lowest BCUT2D eigenvalue weighted by molar-refractivity contribution is -0.143. The van der Waals surface area contributed by atoms with E-state index in [0.717, 1.165) is 6.42 Å². The number of piperidine rings is 1. The highest BCUT2D eigenvalue weighted by atomic mass is 19.1. The molecule has 2 aliphatic rings. The van der Waals surface area contributed by atoms with Crippen LogP contribution in [-0.4, -0.2) is 47.3 Å². The highest BCUT2D eigenvalue weighted by Crippen LogP contribution is 2.38. The van der Waals surface area contributed by atoms with Crippen LogP contribution in [0.3, 0.4) is 0 Å². The van der Waals surface area contributed by atoms with Crippen molar-refractivity contribution in [3.05, 3.63) is 0 Å². The minimum atomic E-state index is -1.08. The predicted molar refractivity (Wildman–Crippen MR) is 67.6 cm³/mol. The SMILES string of the molecule is O=C(O)C1CCCN(C(=O)NCCC2(F)CCC2)C1. The summed E-state index contributed by atoms with van der Waals surface area (Å²) in [6.07, 6.45) is 3.79. The van der Waals surface area contributed by atoms with E-state index < -0.39 is 17.6 Å². The molecule has 1 aliphatic heterocycles. The van der Waals surface area contributed by atoms with Gasteiger partial charge in [0.25, 0.3) is 0 Å². The fraction of sp³-hybridized carbons (Fsp3) is 0.846. The zero-order valence-electron chi connectivity index (χ0n) is 11.0. The summed E-state index contributed by atoms with van der Waals surface area (Å²) in [5, 5.41) is 11.6. The molecule has 0 aromatic rings. The predicted octanol–water partition coefficient (Wildman–Crippen LogP) is 1.77. The van der Waals surface area contributed by atoms with Crippen LogP contribution in [0.1, 0.15) is 38.5 Å². The Bertz CT molecular complexity index is 358. The summed E-state index contributed by atoms with van der Waals surface area (Å²) in [5.41, 5.74) is -1.08. The Morgan fingerprint density at radius 2 is 2.11 bits per heavy atom. The maximum Gasteiger partial charge on any atom is 0.317 e. The summed E-state index contributed by atoms with van der Waals surface area (Å²) < 4.78 is 13.7. The number of hydrogen-bond acceptors (Lipinski definition) is 2. The number of aliphatic carboxylic acids is 1. The lowest BCUT2D eigenvalue weighted by atomic mass is 9.80. The van der Waals surface area contributed by atoms with E-state index in [0.29, 0.717) is 45.2 Å². The van der Waals surface area contributed by atoms with Gasteiger partial charge in [0.05, 0.1) is 5.92 Å². The van der Waals surface area contributed by atoms with Crippen molar-refractivity contribution in [1.29, 1.82) is 0 Å². The summed E-state index contributed by atoms with van der Waals surface area (Å²) in [6, 6.07) is -0.270. The summed E-state index contributed by atoms with van der Waals surface area (Å²) >= 11 is 0. The van der Waals surface area contributed by atoms with Gasteiger partial charge in [-0.25, -0.2) is 9.18 Å². The first-order chi connectivity index (χ1) is 9.00. The second-order valence-electron chi connectivity index (χ2n) is 5.61. The van der Waals surface area contributed by atoms with E-state index in [-0.39, 0.29) is 12.6 Å². The molecular weight excluding hydrogens is 251 g/mol. The molecule has 2 rings (SSSR count). The second kappa shape index (κ2) is 5.75. The van der Waals surface area contributed by atoms with Gasteiger partial charge in [0.1, 0.15) is 5.67 Å². The van der Waals surface area contributed by atoms with Crippen LogP contribution in [0.2, 0.25) is 0 Å².